The van der Waals surface area contributed by atoms with E-state index in [-0.39, 0.29) is 17.9 Å². The van der Waals surface area contributed by atoms with Crippen molar-refractivity contribution in [3.8, 4) is 0 Å². The maximum atomic E-state index is 12.1. The molecular formula is C25H34N2O6. The minimum absolute atomic E-state index is 0.115. The molecule has 1 aliphatic carbocycles. The third-order valence-corrected chi connectivity index (χ3v) is 8.10. The van der Waals surface area contributed by atoms with Crippen molar-refractivity contribution in [3.63, 3.8) is 0 Å². The molecule has 2 bridgehead atoms. The van der Waals surface area contributed by atoms with E-state index in [0.29, 0.717) is 29.7 Å². The van der Waals surface area contributed by atoms with Crippen molar-refractivity contribution in [3.05, 3.63) is 30.3 Å². The Morgan fingerprint density at radius 2 is 1.94 bits per heavy atom. The van der Waals surface area contributed by atoms with Crippen molar-refractivity contribution in [2.45, 2.75) is 83.6 Å². The van der Waals surface area contributed by atoms with E-state index in [2.05, 4.69) is 24.3 Å². The highest BCUT2D eigenvalue weighted by molar-refractivity contribution is 5.86. The fourth-order valence-corrected chi connectivity index (χ4v) is 6.32. The van der Waals surface area contributed by atoms with Crippen LogP contribution in [0.25, 0.3) is 0 Å². The van der Waals surface area contributed by atoms with Gasteiger partial charge >= 0.3 is 6.09 Å². The van der Waals surface area contributed by atoms with Gasteiger partial charge in [0.25, 0.3) is 0 Å². The molecule has 5 fully saturated rings. The van der Waals surface area contributed by atoms with E-state index in [0.717, 1.165) is 25.7 Å². The van der Waals surface area contributed by atoms with Crippen LogP contribution in [-0.2, 0) is 24.1 Å². The number of hydrogen-bond acceptors (Lipinski definition) is 7. The molecule has 1 N–H and O–H groups in total. The van der Waals surface area contributed by atoms with E-state index in [4.69, 9.17) is 24.1 Å². The summed E-state index contributed by atoms with van der Waals surface area (Å²) in [6.07, 6.45) is 3.34. The summed E-state index contributed by atoms with van der Waals surface area (Å²) in [7, 11) is 0. The van der Waals surface area contributed by atoms with Crippen molar-refractivity contribution < 1.29 is 28.9 Å². The summed E-state index contributed by atoms with van der Waals surface area (Å²) in [6.45, 7) is 8.30. The summed E-state index contributed by atoms with van der Waals surface area (Å²) < 4.78 is 13.0. The molecule has 1 aromatic rings. The Morgan fingerprint density at radius 3 is 2.73 bits per heavy atom. The van der Waals surface area contributed by atoms with Crippen LogP contribution in [0.15, 0.2) is 35.5 Å². The Bertz CT molecular complexity index is 909. The maximum Gasteiger partial charge on any atom is 0.437 e. The van der Waals surface area contributed by atoms with Crippen LogP contribution < -0.4 is 5.32 Å². The Morgan fingerprint density at radius 1 is 1.15 bits per heavy atom. The molecule has 180 valence electrons. The van der Waals surface area contributed by atoms with Crippen molar-refractivity contribution >= 4 is 17.5 Å². The normalized spacial score (nSPS) is 42.2. The molecule has 1 spiro atoms. The first-order valence-electron chi connectivity index (χ1n) is 12.1. The molecule has 4 aliphatic heterocycles. The van der Waals surface area contributed by atoms with Crippen LogP contribution in [0.2, 0.25) is 0 Å². The average molecular weight is 459 g/mol. The van der Waals surface area contributed by atoms with E-state index in [1.54, 1.807) is 12.1 Å². The molecule has 4 saturated heterocycles. The smallest absolute Gasteiger partial charge is 0.345 e. The van der Waals surface area contributed by atoms with Gasteiger partial charge in [0, 0.05) is 24.4 Å². The number of amides is 1. The Hall–Kier alpha value is -2.00. The van der Waals surface area contributed by atoms with E-state index in [1.165, 1.54) is 0 Å². The number of rotatable bonds is 4. The van der Waals surface area contributed by atoms with Gasteiger partial charge in [0.2, 0.25) is 5.79 Å². The van der Waals surface area contributed by atoms with Crippen molar-refractivity contribution in [2.24, 2.45) is 28.8 Å². The molecule has 4 heterocycles. The van der Waals surface area contributed by atoms with Gasteiger partial charge in [0.1, 0.15) is 0 Å². The number of benzene rings is 1. The summed E-state index contributed by atoms with van der Waals surface area (Å²) in [4.78, 5) is 29.2. The highest BCUT2D eigenvalue weighted by atomic mass is 17.3. The highest BCUT2D eigenvalue weighted by Crippen LogP contribution is 2.60. The lowest BCUT2D eigenvalue weighted by Crippen LogP contribution is -2.70. The molecule has 8 heteroatoms. The third-order valence-electron chi connectivity index (χ3n) is 8.10. The van der Waals surface area contributed by atoms with E-state index in [9.17, 15) is 4.79 Å². The number of anilines is 1. The Kier molecular flexibility index (Phi) is 5.97. The van der Waals surface area contributed by atoms with Gasteiger partial charge in [-0.3, -0.25) is 10.2 Å². The number of carbonyl (C=O) groups is 1. The quantitative estimate of drug-likeness (QED) is 0.287. The topological polar surface area (TPSA) is 87.6 Å². The summed E-state index contributed by atoms with van der Waals surface area (Å²) in [5.74, 6) is 0.566. The van der Waals surface area contributed by atoms with Crippen LogP contribution in [0.3, 0.4) is 0 Å². The number of fused-ring (bicyclic) bond motifs is 2. The predicted molar refractivity (Wildman–Crippen MR) is 121 cm³/mol. The first kappa shape index (κ1) is 22.8. The Labute approximate surface area is 194 Å². The standard InChI is InChI=1S/C25H34N2O6/c1-15-10-11-20-17(3)21(14-16(2)27-31-23(28)26-18-8-6-5-7-9-18)29-22-25(20)19(15)12-13-24(4,30-22)32-33-25/h5-9,15,17,19-22H,10-14H2,1-4H3,(H,26,28)/b27-16-/t15-,17-,19+,20+,21-,22-,24?,25-/m1/s1. The predicted octanol–water partition coefficient (Wildman–Crippen LogP) is 5.25. The molecular weight excluding hydrogens is 424 g/mol. The fourth-order valence-electron chi connectivity index (χ4n) is 6.32. The van der Waals surface area contributed by atoms with Gasteiger partial charge in [-0.25, -0.2) is 14.6 Å². The number of oxime groups is 1. The second-order valence-electron chi connectivity index (χ2n) is 10.3. The number of nitrogens with zero attached hydrogens (tertiary/aromatic N) is 1. The minimum Gasteiger partial charge on any atom is -0.345 e. The van der Waals surface area contributed by atoms with Crippen molar-refractivity contribution in [1.29, 1.82) is 0 Å². The number of hydrogen-bond donors (Lipinski definition) is 1. The van der Waals surface area contributed by atoms with Crippen LogP contribution in [0, 0.1) is 23.7 Å². The van der Waals surface area contributed by atoms with Gasteiger partial charge in [0.15, 0.2) is 11.9 Å². The molecule has 8 nitrogen and oxygen atoms in total. The molecule has 8 atom stereocenters. The van der Waals surface area contributed by atoms with E-state index < -0.39 is 23.8 Å². The van der Waals surface area contributed by atoms with Gasteiger partial charge in [-0.2, -0.15) is 0 Å². The Balaban J connectivity index is 1.29. The second-order valence-corrected chi connectivity index (χ2v) is 10.3. The van der Waals surface area contributed by atoms with E-state index >= 15 is 0 Å². The zero-order valence-electron chi connectivity index (χ0n) is 19.8. The minimum atomic E-state index is -0.787. The van der Waals surface area contributed by atoms with Crippen LogP contribution in [-0.4, -0.2) is 35.6 Å². The number of para-hydroxylation sites is 1. The maximum absolute atomic E-state index is 12.1. The summed E-state index contributed by atoms with van der Waals surface area (Å²) in [6, 6.07) is 9.14. The molecule has 6 rings (SSSR count). The van der Waals surface area contributed by atoms with Gasteiger partial charge in [0.05, 0.1) is 11.8 Å². The zero-order chi connectivity index (χ0) is 23.2. The monoisotopic (exact) mass is 458 g/mol. The molecule has 1 aromatic carbocycles. The number of carbonyl (C=O) groups excluding carboxylic acids is 1. The molecule has 0 aromatic heterocycles. The molecule has 1 amide bonds. The van der Waals surface area contributed by atoms with Gasteiger partial charge in [-0.05, 0) is 63.0 Å². The molecule has 5 aliphatic rings. The fraction of sp³-hybridized carbons (Fsp3) is 0.680. The van der Waals surface area contributed by atoms with Crippen molar-refractivity contribution in [2.75, 3.05) is 5.32 Å². The second kappa shape index (κ2) is 8.65. The number of nitrogens with one attached hydrogen (secondary N) is 1. The lowest BCUT2D eigenvalue weighted by Gasteiger charge is -2.60. The molecule has 1 saturated carbocycles. The number of ether oxygens (including phenoxy) is 2. The first-order chi connectivity index (χ1) is 15.8. The molecule has 1 unspecified atom stereocenters. The van der Waals surface area contributed by atoms with Crippen LogP contribution in [0.4, 0.5) is 10.5 Å². The first-order valence-corrected chi connectivity index (χ1v) is 12.1. The molecule has 0 radical (unpaired) electrons. The van der Waals surface area contributed by atoms with Crippen LogP contribution in [0.5, 0.6) is 0 Å². The van der Waals surface area contributed by atoms with Gasteiger partial charge < -0.3 is 9.47 Å². The summed E-state index contributed by atoms with van der Waals surface area (Å²) in [5, 5.41) is 6.71. The lowest BCUT2D eigenvalue weighted by molar-refractivity contribution is -0.570. The highest BCUT2D eigenvalue weighted by Gasteiger charge is 2.69. The molecule has 33 heavy (non-hydrogen) atoms. The largest absolute Gasteiger partial charge is 0.437 e. The van der Waals surface area contributed by atoms with Crippen LogP contribution >= 0.6 is 0 Å². The van der Waals surface area contributed by atoms with Crippen molar-refractivity contribution in [1.82, 2.24) is 0 Å². The third kappa shape index (κ3) is 4.07. The van der Waals surface area contributed by atoms with Gasteiger partial charge in [-0.1, -0.05) is 37.2 Å². The SMILES string of the molecule is C/C(C[C@H]1O[C@@H]2OC3(C)CC[C@H]4[C@H](C)CC[C@@H]([C@H]1C)[C@@]24OO3)=N/OC(=O)Nc1ccccc1. The van der Waals surface area contributed by atoms with E-state index in [1.807, 2.05) is 32.0 Å². The summed E-state index contributed by atoms with van der Waals surface area (Å²) >= 11 is 0. The zero-order valence-corrected chi connectivity index (χ0v) is 19.8. The van der Waals surface area contributed by atoms with Gasteiger partial charge in [-0.15, -0.1) is 0 Å². The van der Waals surface area contributed by atoms with Crippen LogP contribution in [0.1, 0.15) is 59.8 Å². The summed E-state index contributed by atoms with van der Waals surface area (Å²) in [5.41, 5.74) is 0.775. The average Bonchev–Trinajstić information content (AvgIpc) is 3.02. The lowest BCUT2D eigenvalue weighted by atomic mass is 9.57.